The molecule has 1 rings (SSSR count). The van der Waals surface area contributed by atoms with Crippen LogP contribution in [0.4, 0.5) is 0 Å². The van der Waals surface area contributed by atoms with Crippen molar-refractivity contribution in [2.24, 2.45) is 5.41 Å². The minimum atomic E-state index is -0.780. The predicted octanol–water partition coefficient (Wildman–Crippen LogP) is 1.09. The Morgan fingerprint density at radius 1 is 2.00 bits per heavy atom. The molecule has 0 saturated heterocycles. The van der Waals surface area contributed by atoms with Crippen molar-refractivity contribution in [3.63, 3.8) is 0 Å². The Bertz CT molecular complexity index is 134. The van der Waals surface area contributed by atoms with Gasteiger partial charge in [-0.1, -0.05) is 0 Å². The molecule has 1 saturated carbocycles. The number of carbonyl (C=O) groups is 1. The molecule has 0 aromatic carbocycles. The molecule has 0 heterocycles. The van der Waals surface area contributed by atoms with Gasteiger partial charge in [0.05, 0.1) is 10.8 Å². The van der Waals surface area contributed by atoms with Gasteiger partial charge in [0.25, 0.3) is 0 Å². The van der Waals surface area contributed by atoms with E-state index in [2.05, 4.69) is 0 Å². The molecular weight excluding hydrogens is 128 g/mol. The third-order valence-electron chi connectivity index (χ3n) is 1.62. The number of alkyl halides is 1. The number of carboxylic acid groups (broad SMARTS) is 1. The molecule has 2 atom stereocenters. The summed E-state index contributed by atoms with van der Waals surface area (Å²) < 4.78 is 0. The van der Waals surface area contributed by atoms with E-state index in [-0.39, 0.29) is 5.38 Å². The lowest BCUT2D eigenvalue weighted by Crippen LogP contribution is -2.12. The molecule has 0 aliphatic heterocycles. The van der Waals surface area contributed by atoms with Crippen molar-refractivity contribution in [3.05, 3.63) is 0 Å². The zero-order chi connectivity index (χ0) is 6.36. The van der Waals surface area contributed by atoms with E-state index < -0.39 is 11.4 Å². The summed E-state index contributed by atoms with van der Waals surface area (Å²) in [4.78, 5) is 10.2. The van der Waals surface area contributed by atoms with Crippen molar-refractivity contribution < 1.29 is 9.90 Å². The Labute approximate surface area is 52.5 Å². The first-order valence-corrected chi connectivity index (χ1v) is 2.88. The highest BCUT2D eigenvalue weighted by Crippen LogP contribution is 2.49. The standard InChI is InChI=1S/C5H7ClO2/c1-5(4(7)8)2-3(5)6/h3H,2H2,1H3,(H,7,8)/t3-,5+/m0/s1. The van der Waals surface area contributed by atoms with E-state index in [0.29, 0.717) is 6.42 Å². The molecule has 46 valence electrons. The lowest BCUT2D eigenvalue weighted by atomic mass is 10.1. The summed E-state index contributed by atoms with van der Waals surface area (Å²) in [5.41, 5.74) is -0.610. The number of rotatable bonds is 1. The molecular formula is C5H7ClO2. The van der Waals surface area contributed by atoms with Gasteiger partial charge in [-0.3, -0.25) is 4.79 Å². The minimum Gasteiger partial charge on any atom is -0.481 e. The van der Waals surface area contributed by atoms with Crippen LogP contribution >= 0.6 is 11.6 Å². The van der Waals surface area contributed by atoms with Crippen molar-refractivity contribution in [2.45, 2.75) is 18.7 Å². The molecule has 0 unspecified atom stereocenters. The largest absolute Gasteiger partial charge is 0.481 e. The SMILES string of the molecule is C[C@@]1(C(=O)O)C[C@@H]1Cl. The van der Waals surface area contributed by atoms with E-state index in [0.717, 1.165) is 0 Å². The number of aliphatic carboxylic acids is 1. The van der Waals surface area contributed by atoms with Crippen LogP contribution < -0.4 is 0 Å². The molecule has 2 nitrogen and oxygen atoms in total. The van der Waals surface area contributed by atoms with E-state index in [4.69, 9.17) is 16.7 Å². The van der Waals surface area contributed by atoms with Crippen LogP contribution in [-0.2, 0) is 4.79 Å². The average Bonchev–Trinajstić information content (AvgIpc) is 2.17. The van der Waals surface area contributed by atoms with E-state index >= 15 is 0 Å². The van der Waals surface area contributed by atoms with E-state index in [1.54, 1.807) is 6.92 Å². The fourth-order valence-corrected chi connectivity index (χ4v) is 0.949. The number of hydrogen-bond donors (Lipinski definition) is 1. The zero-order valence-corrected chi connectivity index (χ0v) is 5.27. The molecule has 0 bridgehead atoms. The van der Waals surface area contributed by atoms with Gasteiger partial charge in [-0.2, -0.15) is 0 Å². The first kappa shape index (κ1) is 5.89. The summed E-state index contributed by atoms with van der Waals surface area (Å²) in [5, 5.41) is 8.26. The summed E-state index contributed by atoms with van der Waals surface area (Å²) in [5.74, 6) is -0.780. The highest BCUT2D eigenvalue weighted by atomic mass is 35.5. The Balaban J connectivity index is 2.60. The molecule has 8 heavy (non-hydrogen) atoms. The second kappa shape index (κ2) is 1.38. The van der Waals surface area contributed by atoms with Gasteiger partial charge in [0, 0.05) is 0 Å². The summed E-state index contributed by atoms with van der Waals surface area (Å²) in [6.07, 6.45) is 0.615. The smallest absolute Gasteiger partial charge is 0.310 e. The maximum Gasteiger partial charge on any atom is 0.310 e. The van der Waals surface area contributed by atoms with Gasteiger partial charge in [0.2, 0.25) is 0 Å². The van der Waals surface area contributed by atoms with Crippen molar-refractivity contribution in [1.82, 2.24) is 0 Å². The van der Waals surface area contributed by atoms with Crippen molar-refractivity contribution in [1.29, 1.82) is 0 Å². The second-order valence-electron chi connectivity index (χ2n) is 2.39. The van der Waals surface area contributed by atoms with Crippen LogP contribution in [0, 0.1) is 5.41 Å². The Morgan fingerprint density at radius 2 is 2.38 bits per heavy atom. The average molecular weight is 135 g/mol. The maximum absolute atomic E-state index is 10.2. The van der Waals surface area contributed by atoms with Crippen LogP contribution in [0.15, 0.2) is 0 Å². The Hall–Kier alpha value is -0.240. The van der Waals surface area contributed by atoms with E-state index in [9.17, 15) is 4.79 Å². The van der Waals surface area contributed by atoms with Crippen molar-refractivity contribution in [3.8, 4) is 0 Å². The van der Waals surface area contributed by atoms with Gasteiger partial charge in [-0.25, -0.2) is 0 Å². The first-order chi connectivity index (χ1) is 3.57. The van der Waals surface area contributed by atoms with Crippen LogP contribution in [0.1, 0.15) is 13.3 Å². The maximum atomic E-state index is 10.2. The minimum absolute atomic E-state index is 0.139. The van der Waals surface area contributed by atoms with Gasteiger partial charge in [-0.05, 0) is 13.3 Å². The molecule has 0 aromatic rings. The lowest BCUT2D eigenvalue weighted by Gasteiger charge is -1.96. The lowest BCUT2D eigenvalue weighted by molar-refractivity contribution is -0.142. The van der Waals surface area contributed by atoms with E-state index in [1.807, 2.05) is 0 Å². The van der Waals surface area contributed by atoms with Gasteiger partial charge >= 0.3 is 5.97 Å². The molecule has 0 radical (unpaired) electrons. The monoisotopic (exact) mass is 134 g/mol. The van der Waals surface area contributed by atoms with Crippen LogP contribution in [0.2, 0.25) is 0 Å². The van der Waals surface area contributed by atoms with Gasteiger partial charge in [0.15, 0.2) is 0 Å². The molecule has 0 spiro atoms. The Kier molecular flexibility index (Phi) is 1.01. The van der Waals surface area contributed by atoms with Crippen molar-refractivity contribution in [2.75, 3.05) is 0 Å². The predicted molar refractivity (Wildman–Crippen MR) is 30.0 cm³/mol. The fraction of sp³-hybridized carbons (Fsp3) is 0.800. The number of carboxylic acids is 1. The number of hydrogen-bond acceptors (Lipinski definition) is 1. The van der Waals surface area contributed by atoms with Gasteiger partial charge in [0.1, 0.15) is 0 Å². The fourth-order valence-electron chi connectivity index (χ4n) is 0.535. The molecule has 0 amide bonds. The quantitative estimate of drug-likeness (QED) is 0.545. The topological polar surface area (TPSA) is 37.3 Å². The highest BCUT2D eigenvalue weighted by Gasteiger charge is 2.55. The molecule has 1 fully saturated rings. The van der Waals surface area contributed by atoms with Crippen LogP contribution in [0.25, 0.3) is 0 Å². The summed E-state index contributed by atoms with van der Waals surface area (Å²) in [7, 11) is 0. The van der Waals surface area contributed by atoms with Crippen molar-refractivity contribution >= 4 is 17.6 Å². The van der Waals surface area contributed by atoms with Crippen LogP contribution in [-0.4, -0.2) is 16.5 Å². The molecule has 1 aliphatic carbocycles. The molecule has 3 heteroatoms. The molecule has 1 N–H and O–H groups in total. The molecule has 0 aromatic heterocycles. The third-order valence-corrected chi connectivity index (χ3v) is 2.26. The first-order valence-electron chi connectivity index (χ1n) is 2.45. The summed E-state index contributed by atoms with van der Waals surface area (Å²) >= 11 is 5.51. The summed E-state index contributed by atoms with van der Waals surface area (Å²) in [6, 6.07) is 0. The third kappa shape index (κ3) is 0.599. The van der Waals surface area contributed by atoms with Crippen LogP contribution in [0.3, 0.4) is 0 Å². The van der Waals surface area contributed by atoms with Crippen LogP contribution in [0.5, 0.6) is 0 Å². The number of halogens is 1. The highest BCUT2D eigenvalue weighted by molar-refractivity contribution is 6.25. The Morgan fingerprint density at radius 3 is 2.38 bits per heavy atom. The molecule has 1 aliphatic rings. The second-order valence-corrected chi connectivity index (χ2v) is 2.92. The van der Waals surface area contributed by atoms with E-state index in [1.165, 1.54) is 0 Å². The van der Waals surface area contributed by atoms with Gasteiger partial charge in [-0.15, -0.1) is 11.6 Å². The summed E-state index contributed by atoms with van der Waals surface area (Å²) in [6.45, 7) is 1.66. The van der Waals surface area contributed by atoms with Gasteiger partial charge < -0.3 is 5.11 Å². The zero-order valence-electron chi connectivity index (χ0n) is 4.52. The normalized spacial score (nSPS) is 44.0.